The molecule has 5 heteroatoms. The lowest BCUT2D eigenvalue weighted by molar-refractivity contribution is 1.14. The Balaban J connectivity index is 1.82. The van der Waals surface area contributed by atoms with Crippen molar-refractivity contribution >= 4 is 50.5 Å². The number of nitrogens with two attached hydrogens (primary N) is 1. The smallest absolute Gasteiger partial charge is 0.0964 e. The number of fused-ring (bicyclic) bond motifs is 1. The zero-order valence-corrected chi connectivity index (χ0v) is 12.4. The van der Waals surface area contributed by atoms with E-state index >= 15 is 0 Å². The molecule has 0 saturated carbocycles. The first-order chi connectivity index (χ1) is 9.24. The minimum Gasteiger partial charge on any atom is -0.397 e. The highest BCUT2D eigenvalue weighted by Gasteiger charge is 2.10. The Labute approximate surface area is 124 Å². The third-order valence-corrected chi connectivity index (χ3v) is 5.58. The molecule has 1 aromatic carbocycles. The van der Waals surface area contributed by atoms with E-state index < -0.39 is 0 Å². The van der Waals surface area contributed by atoms with Crippen molar-refractivity contribution in [2.24, 2.45) is 0 Å². The molecular formula is C14H11ClN2S2. The average molecular weight is 307 g/mol. The van der Waals surface area contributed by atoms with E-state index in [1.54, 1.807) is 29.3 Å². The number of rotatable bonds is 3. The number of anilines is 1. The van der Waals surface area contributed by atoms with Crippen molar-refractivity contribution in [1.29, 1.82) is 0 Å². The van der Waals surface area contributed by atoms with Crippen LogP contribution >= 0.6 is 34.7 Å². The van der Waals surface area contributed by atoms with Crippen LogP contribution in [0.3, 0.4) is 0 Å². The molecule has 0 amide bonds. The van der Waals surface area contributed by atoms with Crippen molar-refractivity contribution in [3.63, 3.8) is 0 Å². The molecule has 2 aromatic heterocycles. The van der Waals surface area contributed by atoms with Gasteiger partial charge in [0.15, 0.2) is 0 Å². The molecule has 0 saturated heterocycles. The molecule has 0 bridgehead atoms. The number of thiophene rings is 1. The predicted octanol–water partition coefficient (Wildman–Crippen LogP) is 4.82. The van der Waals surface area contributed by atoms with Crippen molar-refractivity contribution in [3.05, 3.63) is 52.5 Å². The fourth-order valence-electron chi connectivity index (χ4n) is 1.77. The molecule has 2 heterocycles. The maximum Gasteiger partial charge on any atom is 0.0964 e. The Morgan fingerprint density at radius 2 is 2.05 bits per heavy atom. The van der Waals surface area contributed by atoms with Gasteiger partial charge < -0.3 is 5.73 Å². The standard InChI is InChI=1S/C14H11ClN2S2/c15-14-10-3-1-2-4-11(10)19-12(14)8-18-13-6-5-9(16)7-17-13/h1-7H,8,16H2. The Morgan fingerprint density at radius 1 is 1.21 bits per heavy atom. The zero-order valence-electron chi connectivity index (χ0n) is 9.97. The van der Waals surface area contributed by atoms with E-state index in [0.717, 1.165) is 21.2 Å². The van der Waals surface area contributed by atoms with E-state index in [4.69, 9.17) is 17.3 Å². The van der Waals surface area contributed by atoms with Crippen molar-refractivity contribution in [3.8, 4) is 0 Å². The molecule has 0 unspecified atom stereocenters. The summed E-state index contributed by atoms with van der Waals surface area (Å²) in [4.78, 5) is 5.46. The number of aromatic nitrogens is 1. The second-order valence-corrected chi connectivity index (χ2v) is 6.56. The molecule has 0 aliphatic carbocycles. The summed E-state index contributed by atoms with van der Waals surface area (Å²) in [5.74, 6) is 0.828. The number of hydrogen-bond acceptors (Lipinski definition) is 4. The van der Waals surface area contributed by atoms with Crippen molar-refractivity contribution in [2.75, 3.05) is 5.73 Å². The Kier molecular flexibility index (Phi) is 3.64. The first-order valence-electron chi connectivity index (χ1n) is 5.74. The van der Waals surface area contributed by atoms with Gasteiger partial charge in [0.2, 0.25) is 0 Å². The van der Waals surface area contributed by atoms with Crippen molar-refractivity contribution < 1.29 is 0 Å². The molecule has 0 atom stereocenters. The molecule has 0 radical (unpaired) electrons. The fraction of sp³-hybridized carbons (Fsp3) is 0.0714. The third-order valence-electron chi connectivity index (χ3n) is 2.71. The van der Waals surface area contributed by atoms with E-state index in [0.29, 0.717) is 5.69 Å². The lowest BCUT2D eigenvalue weighted by atomic mass is 10.2. The van der Waals surface area contributed by atoms with Gasteiger partial charge in [0.1, 0.15) is 0 Å². The van der Waals surface area contributed by atoms with Crippen LogP contribution in [-0.4, -0.2) is 4.98 Å². The molecular weight excluding hydrogens is 296 g/mol. The number of benzene rings is 1. The third kappa shape index (κ3) is 2.71. The van der Waals surface area contributed by atoms with Gasteiger partial charge in [-0.1, -0.05) is 29.8 Å². The van der Waals surface area contributed by atoms with Crippen LogP contribution in [0.5, 0.6) is 0 Å². The van der Waals surface area contributed by atoms with E-state index in [1.165, 1.54) is 9.58 Å². The molecule has 0 aliphatic rings. The SMILES string of the molecule is Nc1ccc(SCc2sc3ccccc3c2Cl)nc1. The van der Waals surface area contributed by atoms with Crippen LogP contribution in [0.1, 0.15) is 4.88 Å². The Bertz CT molecular complexity index is 707. The first-order valence-corrected chi connectivity index (χ1v) is 7.92. The lowest BCUT2D eigenvalue weighted by Gasteiger charge is -2.00. The van der Waals surface area contributed by atoms with Gasteiger partial charge in [0, 0.05) is 20.7 Å². The molecule has 0 fully saturated rings. The van der Waals surface area contributed by atoms with Gasteiger partial charge in [-0.05, 0) is 18.2 Å². The van der Waals surface area contributed by atoms with E-state index in [2.05, 4.69) is 17.1 Å². The number of hydrogen-bond donors (Lipinski definition) is 1. The van der Waals surface area contributed by atoms with Gasteiger partial charge >= 0.3 is 0 Å². The largest absolute Gasteiger partial charge is 0.397 e. The highest BCUT2D eigenvalue weighted by molar-refractivity contribution is 7.98. The number of nitrogens with zero attached hydrogens (tertiary/aromatic N) is 1. The van der Waals surface area contributed by atoms with Gasteiger partial charge in [-0.15, -0.1) is 23.1 Å². The second kappa shape index (κ2) is 5.41. The average Bonchev–Trinajstić information content (AvgIpc) is 2.76. The number of thioether (sulfide) groups is 1. The predicted molar refractivity (Wildman–Crippen MR) is 85.0 cm³/mol. The summed E-state index contributed by atoms with van der Waals surface area (Å²) in [6, 6.07) is 12.0. The van der Waals surface area contributed by atoms with Crippen LogP contribution in [0.2, 0.25) is 5.02 Å². The summed E-state index contributed by atoms with van der Waals surface area (Å²) in [6.07, 6.45) is 1.68. The van der Waals surface area contributed by atoms with Crippen LogP contribution in [0.25, 0.3) is 10.1 Å². The molecule has 0 spiro atoms. The summed E-state index contributed by atoms with van der Waals surface area (Å²) in [6.45, 7) is 0. The van der Waals surface area contributed by atoms with Crippen LogP contribution in [-0.2, 0) is 5.75 Å². The van der Waals surface area contributed by atoms with Crippen LogP contribution in [0.4, 0.5) is 5.69 Å². The van der Waals surface area contributed by atoms with Gasteiger partial charge in [-0.2, -0.15) is 0 Å². The molecule has 2 nitrogen and oxygen atoms in total. The van der Waals surface area contributed by atoms with Crippen LogP contribution in [0, 0.1) is 0 Å². The zero-order chi connectivity index (χ0) is 13.2. The lowest BCUT2D eigenvalue weighted by Crippen LogP contribution is -1.86. The van der Waals surface area contributed by atoms with E-state index in [9.17, 15) is 0 Å². The Morgan fingerprint density at radius 3 is 2.79 bits per heavy atom. The van der Waals surface area contributed by atoms with Gasteiger partial charge in [0.25, 0.3) is 0 Å². The summed E-state index contributed by atoms with van der Waals surface area (Å²) in [5.41, 5.74) is 6.30. The molecule has 3 rings (SSSR count). The summed E-state index contributed by atoms with van der Waals surface area (Å²) in [5, 5.41) is 2.96. The van der Waals surface area contributed by atoms with E-state index in [1.807, 2.05) is 24.3 Å². The highest BCUT2D eigenvalue weighted by Crippen LogP contribution is 2.38. The Hall–Kier alpha value is -1.23. The highest BCUT2D eigenvalue weighted by atomic mass is 35.5. The first kappa shape index (κ1) is 12.8. The quantitative estimate of drug-likeness (QED) is 0.705. The van der Waals surface area contributed by atoms with Gasteiger partial charge in [-0.3, -0.25) is 0 Å². The maximum absolute atomic E-state index is 6.41. The summed E-state index contributed by atoms with van der Waals surface area (Å²) >= 11 is 9.82. The monoisotopic (exact) mass is 306 g/mol. The van der Waals surface area contributed by atoms with Crippen LogP contribution in [0.15, 0.2) is 47.6 Å². The topological polar surface area (TPSA) is 38.9 Å². The fourth-order valence-corrected chi connectivity index (χ4v) is 4.28. The normalized spacial score (nSPS) is 11.0. The minimum atomic E-state index is 0.684. The number of nitrogen functional groups attached to an aromatic ring is 1. The molecule has 0 aliphatic heterocycles. The number of pyridine rings is 1. The van der Waals surface area contributed by atoms with Gasteiger partial charge in [0.05, 0.1) is 21.9 Å². The van der Waals surface area contributed by atoms with E-state index in [-0.39, 0.29) is 0 Å². The minimum absolute atomic E-state index is 0.684. The van der Waals surface area contributed by atoms with Crippen molar-refractivity contribution in [1.82, 2.24) is 4.98 Å². The van der Waals surface area contributed by atoms with Crippen LogP contribution < -0.4 is 5.73 Å². The summed E-state index contributed by atoms with van der Waals surface area (Å²) in [7, 11) is 0. The molecule has 2 N–H and O–H groups in total. The number of halogens is 1. The second-order valence-electron chi connectivity index (χ2n) is 4.05. The van der Waals surface area contributed by atoms with Gasteiger partial charge in [-0.25, -0.2) is 4.98 Å². The summed E-state index contributed by atoms with van der Waals surface area (Å²) < 4.78 is 1.23. The van der Waals surface area contributed by atoms with Crippen molar-refractivity contribution in [2.45, 2.75) is 10.8 Å². The molecule has 3 aromatic rings. The maximum atomic E-state index is 6.41. The molecule has 19 heavy (non-hydrogen) atoms. The molecule has 96 valence electrons.